The van der Waals surface area contributed by atoms with Gasteiger partial charge in [0.2, 0.25) is 0 Å². The van der Waals surface area contributed by atoms with Gasteiger partial charge in [0.15, 0.2) is 0 Å². The van der Waals surface area contributed by atoms with Crippen molar-refractivity contribution in [2.75, 3.05) is 19.0 Å². The van der Waals surface area contributed by atoms with Crippen molar-refractivity contribution in [2.24, 2.45) is 0 Å². The van der Waals surface area contributed by atoms with Gasteiger partial charge < -0.3 is 15.0 Å². The van der Waals surface area contributed by atoms with E-state index < -0.39 is 17.7 Å². The molecule has 0 saturated carbocycles. The van der Waals surface area contributed by atoms with E-state index in [9.17, 15) is 23.1 Å². The number of benzene rings is 2. The number of fused-ring (bicyclic) bond motifs is 1. The van der Waals surface area contributed by atoms with Crippen LogP contribution in [0.5, 0.6) is 0 Å². The topological polar surface area (TPSA) is 56.3 Å². The maximum absolute atomic E-state index is 13.0. The highest BCUT2D eigenvalue weighted by atomic mass is 32.1. The minimum absolute atomic E-state index is 0.0183. The lowest BCUT2D eigenvalue weighted by molar-refractivity contribution is -0.137. The Balaban J connectivity index is 1.91. The van der Waals surface area contributed by atoms with E-state index in [4.69, 9.17) is 0 Å². The summed E-state index contributed by atoms with van der Waals surface area (Å²) in [4.78, 5) is 18.0. The fourth-order valence-electron chi connectivity index (χ4n) is 3.82. The fraction of sp³-hybridized carbons (Fsp3) is 0.208. The van der Waals surface area contributed by atoms with Crippen LogP contribution in [0.25, 0.3) is 31.8 Å². The van der Waals surface area contributed by atoms with Gasteiger partial charge in [0, 0.05) is 30.2 Å². The highest BCUT2D eigenvalue weighted by Crippen LogP contribution is 2.45. The number of carboxylic acid groups (broad SMARTS) is 1. The molecule has 4 aromatic rings. The Labute approximate surface area is 186 Å². The summed E-state index contributed by atoms with van der Waals surface area (Å²) in [6.07, 6.45) is -3.78. The molecule has 0 atom stereocenters. The van der Waals surface area contributed by atoms with Crippen molar-refractivity contribution < 1.29 is 23.1 Å². The molecule has 0 bridgehead atoms. The largest absolute Gasteiger partial charge is 0.477 e. The molecule has 32 heavy (non-hydrogen) atoms. The van der Waals surface area contributed by atoms with Gasteiger partial charge in [-0.3, -0.25) is 0 Å². The molecule has 0 aliphatic carbocycles. The zero-order valence-corrected chi connectivity index (χ0v) is 18.5. The molecule has 0 unspecified atom stereocenters. The number of nitrogens with one attached hydrogen (secondary N) is 1. The van der Waals surface area contributed by atoms with E-state index in [-0.39, 0.29) is 5.69 Å². The standard InChI is InChI=1S/C24H21F3N2O2S/c1-4-17-19-22(32-21(17)14-7-11-16(12-8-14)29(2)3)18(20(28-19)23(30)31)13-5-9-15(10-6-13)24(25,26)27/h5-12,28H,4H2,1-3H3,(H,30,31). The van der Waals surface area contributed by atoms with Crippen LogP contribution in [0.4, 0.5) is 18.9 Å². The number of aromatic nitrogens is 1. The second-order valence-corrected chi connectivity index (χ2v) is 8.68. The number of H-pyrrole nitrogens is 1. The predicted octanol–water partition coefficient (Wildman–Crippen LogP) is 6.91. The maximum Gasteiger partial charge on any atom is 0.416 e. The van der Waals surface area contributed by atoms with Gasteiger partial charge in [-0.25, -0.2) is 4.79 Å². The Hall–Kier alpha value is -3.26. The molecule has 166 valence electrons. The van der Waals surface area contributed by atoms with Crippen LogP contribution in [0.3, 0.4) is 0 Å². The number of nitrogens with zero attached hydrogens (tertiary/aromatic N) is 1. The van der Waals surface area contributed by atoms with Crippen molar-refractivity contribution in [2.45, 2.75) is 19.5 Å². The van der Waals surface area contributed by atoms with E-state index in [0.29, 0.717) is 17.5 Å². The molecule has 2 aromatic heterocycles. The Morgan fingerprint density at radius 1 is 1.03 bits per heavy atom. The highest BCUT2D eigenvalue weighted by molar-refractivity contribution is 7.23. The predicted molar refractivity (Wildman–Crippen MR) is 123 cm³/mol. The van der Waals surface area contributed by atoms with E-state index in [2.05, 4.69) is 4.98 Å². The average Bonchev–Trinajstić information content (AvgIpc) is 3.29. The molecule has 8 heteroatoms. The van der Waals surface area contributed by atoms with Crippen LogP contribution in [0.1, 0.15) is 28.5 Å². The molecule has 2 heterocycles. The van der Waals surface area contributed by atoms with Gasteiger partial charge in [0.1, 0.15) is 5.69 Å². The fourth-order valence-corrected chi connectivity index (χ4v) is 5.24. The lowest BCUT2D eigenvalue weighted by Gasteiger charge is -2.12. The van der Waals surface area contributed by atoms with Crippen LogP contribution in [-0.2, 0) is 12.6 Å². The number of thiophene rings is 1. The monoisotopic (exact) mass is 458 g/mol. The summed E-state index contributed by atoms with van der Waals surface area (Å²) in [5.41, 5.74) is 3.84. The van der Waals surface area contributed by atoms with Crippen molar-refractivity contribution in [3.05, 3.63) is 65.4 Å². The molecule has 4 nitrogen and oxygen atoms in total. The summed E-state index contributed by atoms with van der Waals surface area (Å²) in [6, 6.07) is 12.7. The van der Waals surface area contributed by atoms with Crippen LogP contribution in [-0.4, -0.2) is 30.2 Å². The zero-order chi connectivity index (χ0) is 23.2. The molecule has 2 aromatic carbocycles. The van der Waals surface area contributed by atoms with Crippen molar-refractivity contribution >= 4 is 33.2 Å². The second-order valence-electron chi connectivity index (χ2n) is 7.66. The van der Waals surface area contributed by atoms with Crippen molar-refractivity contribution in [1.82, 2.24) is 4.98 Å². The van der Waals surface area contributed by atoms with Gasteiger partial charge >= 0.3 is 12.1 Å². The highest BCUT2D eigenvalue weighted by Gasteiger charge is 2.31. The molecule has 2 N–H and O–H groups in total. The summed E-state index contributed by atoms with van der Waals surface area (Å²) in [6.45, 7) is 2.00. The third-order valence-electron chi connectivity index (χ3n) is 5.45. The quantitative estimate of drug-likeness (QED) is 0.342. The van der Waals surface area contributed by atoms with E-state index >= 15 is 0 Å². The minimum Gasteiger partial charge on any atom is -0.477 e. The average molecular weight is 459 g/mol. The van der Waals surface area contributed by atoms with Gasteiger partial charge in [0.05, 0.1) is 15.8 Å². The molecule has 0 aliphatic heterocycles. The first-order valence-electron chi connectivity index (χ1n) is 9.97. The van der Waals surface area contributed by atoms with Crippen LogP contribution in [0.2, 0.25) is 0 Å². The number of hydrogen-bond acceptors (Lipinski definition) is 3. The van der Waals surface area contributed by atoms with Gasteiger partial charge in [-0.2, -0.15) is 13.2 Å². The number of alkyl halides is 3. The van der Waals surface area contributed by atoms with Crippen LogP contribution in [0.15, 0.2) is 48.5 Å². The van der Waals surface area contributed by atoms with Crippen molar-refractivity contribution in [1.29, 1.82) is 0 Å². The number of anilines is 1. The summed E-state index contributed by atoms with van der Waals surface area (Å²) in [5, 5.41) is 9.75. The number of carboxylic acids is 1. The normalized spacial score (nSPS) is 11.8. The first kappa shape index (κ1) is 22.0. The zero-order valence-electron chi connectivity index (χ0n) is 17.7. The van der Waals surface area contributed by atoms with Gasteiger partial charge in [-0.1, -0.05) is 31.2 Å². The van der Waals surface area contributed by atoms with Crippen LogP contribution in [0, 0.1) is 0 Å². The lowest BCUT2D eigenvalue weighted by Crippen LogP contribution is -2.07. The third-order valence-corrected chi connectivity index (χ3v) is 6.75. The molecule has 0 amide bonds. The number of aromatic carboxylic acids is 1. The van der Waals surface area contributed by atoms with Gasteiger partial charge in [0.25, 0.3) is 0 Å². The van der Waals surface area contributed by atoms with E-state index in [1.807, 2.05) is 50.2 Å². The SMILES string of the molecule is CCc1c(-c2ccc(N(C)C)cc2)sc2c(-c3ccc(C(F)(F)F)cc3)c(C(=O)O)[nH]c12. The number of carbonyl (C=O) groups is 1. The Morgan fingerprint density at radius 3 is 2.12 bits per heavy atom. The first-order valence-corrected chi connectivity index (χ1v) is 10.8. The summed E-state index contributed by atoms with van der Waals surface area (Å²) in [7, 11) is 3.93. The van der Waals surface area contributed by atoms with E-state index in [1.165, 1.54) is 23.5 Å². The number of halogens is 3. The first-order chi connectivity index (χ1) is 15.1. The molecule has 0 aliphatic rings. The third kappa shape index (κ3) is 3.75. The second kappa shape index (κ2) is 8.02. The van der Waals surface area contributed by atoms with E-state index in [1.54, 1.807) is 0 Å². The Kier molecular flexibility index (Phi) is 5.50. The molecular weight excluding hydrogens is 437 g/mol. The number of aryl methyl sites for hydroxylation is 1. The maximum atomic E-state index is 13.0. The molecule has 4 rings (SSSR count). The minimum atomic E-state index is -4.45. The van der Waals surface area contributed by atoms with Crippen LogP contribution < -0.4 is 4.90 Å². The molecule has 0 radical (unpaired) electrons. The summed E-state index contributed by atoms with van der Waals surface area (Å²) >= 11 is 1.45. The molecule has 0 fully saturated rings. The van der Waals surface area contributed by atoms with Gasteiger partial charge in [-0.05, 0) is 47.4 Å². The summed E-state index contributed by atoms with van der Waals surface area (Å²) < 4.78 is 39.7. The van der Waals surface area contributed by atoms with Crippen molar-refractivity contribution in [3.63, 3.8) is 0 Å². The molecule has 0 saturated heterocycles. The van der Waals surface area contributed by atoms with E-state index in [0.717, 1.165) is 44.0 Å². The van der Waals surface area contributed by atoms with Crippen LogP contribution >= 0.6 is 11.3 Å². The number of aromatic amines is 1. The van der Waals surface area contributed by atoms with Crippen molar-refractivity contribution in [3.8, 4) is 21.6 Å². The number of rotatable bonds is 5. The molecule has 0 spiro atoms. The van der Waals surface area contributed by atoms with Gasteiger partial charge in [-0.15, -0.1) is 11.3 Å². The Morgan fingerprint density at radius 2 is 1.62 bits per heavy atom. The molecular formula is C24H21F3N2O2S. The lowest BCUT2D eigenvalue weighted by atomic mass is 10.0. The number of hydrogen-bond donors (Lipinski definition) is 2. The smallest absolute Gasteiger partial charge is 0.416 e. The Bertz CT molecular complexity index is 1280. The summed E-state index contributed by atoms with van der Waals surface area (Å²) in [5.74, 6) is -1.15.